The number of halogens is 4. The Bertz CT molecular complexity index is 809. The lowest BCUT2D eigenvalue weighted by atomic mass is 10.2. The van der Waals surface area contributed by atoms with Gasteiger partial charge >= 0.3 is 0 Å². The molecular formula is C13H9ClF3NO2S. The second-order valence-electron chi connectivity index (χ2n) is 4.19. The van der Waals surface area contributed by atoms with Gasteiger partial charge in [0.15, 0.2) is 17.5 Å². The Hall–Kier alpha value is -1.73. The summed E-state index contributed by atoms with van der Waals surface area (Å²) < 4.78 is 65.8. The van der Waals surface area contributed by atoms with Crippen LogP contribution in [-0.2, 0) is 10.0 Å². The SMILES string of the molecule is Cc1c(Cl)cccc1NS(=O)(=O)c1ccc(F)c(F)c1F. The van der Waals surface area contributed by atoms with Crippen molar-refractivity contribution in [3.8, 4) is 0 Å². The number of anilines is 1. The van der Waals surface area contributed by atoms with Crippen molar-refractivity contribution in [2.75, 3.05) is 4.72 Å². The van der Waals surface area contributed by atoms with E-state index in [1.165, 1.54) is 12.1 Å². The molecule has 2 rings (SSSR count). The quantitative estimate of drug-likeness (QED) is 0.866. The average Bonchev–Trinajstić information content (AvgIpc) is 2.41. The van der Waals surface area contributed by atoms with E-state index >= 15 is 0 Å². The standard InChI is InChI=1S/C13H9ClF3NO2S/c1-7-8(14)3-2-4-10(7)18-21(19,20)11-6-5-9(15)12(16)13(11)17/h2-6,18H,1H3. The molecule has 0 atom stereocenters. The second kappa shape index (κ2) is 5.57. The summed E-state index contributed by atoms with van der Waals surface area (Å²) in [4.78, 5) is -0.985. The molecule has 3 nitrogen and oxygen atoms in total. The van der Waals surface area contributed by atoms with Crippen LogP contribution in [0.3, 0.4) is 0 Å². The first-order chi connectivity index (χ1) is 9.74. The molecule has 0 aliphatic carbocycles. The molecule has 0 aliphatic heterocycles. The number of rotatable bonds is 3. The average molecular weight is 336 g/mol. The summed E-state index contributed by atoms with van der Waals surface area (Å²) >= 11 is 5.85. The molecule has 0 aromatic heterocycles. The van der Waals surface area contributed by atoms with Crippen LogP contribution in [0.4, 0.5) is 18.9 Å². The minimum atomic E-state index is -4.41. The van der Waals surface area contributed by atoms with Gasteiger partial charge in [0.2, 0.25) is 0 Å². The van der Waals surface area contributed by atoms with Crippen molar-refractivity contribution in [3.63, 3.8) is 0 Å². The normalized spacial score (nSPS) is 11.5. The summed E-state index contributed by atoms with van der Waals surface area (Å²) in [5.41, 5.74) is 0.539. The molecule has 0 radical (unpaired) electrons. The smallest absolute Gasteiger partial charge is 0.264 e. The summed E-state index contributed by atoms with van der Waals surface area (Å²) in [5, 5.41) is 0.306. The molecule has 2 aromatic carbocycles. The van der Waals surface area contributed by atoms with Gasteiger partial charge in [-0.05, 0) is 36.8 Å². The number of hydrogen-bond donors (Lipinski definition) is 1. The van der Waals surface area contributed by atoms with Crippen LogP contribution in [-0.4, -0.2) is 8.42 Å². The molecule has 21 heavy (non-hydrogen) atoms. The number of hydrogen-bond acceptors (Lipinski definition) is 2. The highest BCUT2D eigenvalue weighted by Gasteiger charge is 2.24. The number of sulfonamides is 1. The fourth-order valence-corrected chi connectivity index (χ4v) is 3.00. The molecular weight excluding hydrogens is 327 g/mol. The minimum absolute atomic E-state index is 0.117. The van der Waals surface area contributed by atoms with Crippen LogP contribution in [0.1, 0.15) is 5.56 Å². The van der Waals surface area contributed by atoms with Crippen LogP contribution in [0.25, 0.3) is 0 Å². The summed E-state index contributed by atoms with van der Waals surface area (Å²) in [6, 6.07) is 5.64. The van der Waals surface area contributed by atoms with E-state index in [1.54, 1.807) is 13.0 Å². The maximum Gasteiger partial charge on any atom is 0.264 e. The van der Waals surface area contributed by atoms with Gasteiger partial charge < -0.3 is 0 Å². The van der Waals surface area contributed by atoms with Gasteiger partial charge in [0.05, 0.1) is 5.69 Å². The topological polar surface area (TPSA) is 46.2 Å². The largest absolute Gasteiger partial charge is 0.279 e. The molecule has 0 aliphatic rings. The molecule has 0 saturated heterocycles. The molecule has 112 valence electrons. The molecule has 0 heterocycles. The molecule has 0 bridgehead atoms. The van der Waals surface area contributed by atoms with E-state index in [1.807, 2.05) is 0 Å². The number of benzene rings is 2. The fraction of sp³-hybridized carbons (Fsp3) is 0.0769. The fourth-order valence-electron chi connectivity index (χ4n) is 1.63. The molecule has 0 spiro atoms. The predicted octanol–water partition coefficient (Wildman–Crippen LogP) is 3.87. The molecule has 0 unspecified atom stereocenters. The third kappa shape index (κ3) is 2.98. The lowest BCUT2D eigenvalue weighted by molar-refractivity contribution is 0.432. The summed E-state index contributed by atoms with van der Waals surface area (Å²) in [5.74, 6) is -5.09. The second-order valence-corrected chi connectivity index (χ2v) is 6.25. The van der Waals surface area contributed by atoms with Crippen LogP contribution in [0.5, 0.6) is 0 Å². The van der Waals surface area contributed by atoms with Crippen LogP contribution < -0.4 is 4.72 Å². The Balaban J connectivity index is 2.49. The van der Waals surface area contributed by atoms with Gasteiger partial charge in [-0.2, -0.15) is 0 Å². The van der Waals surface area contributed by atoms with Gasteiger partial charge in [-0.25, -0.2) is 21.6 Å². The van der Waals surface area contributed by atoms with Gasteiger partial charge in [-0.1, -0.05) is 17.7 Å². The van der Waals surface area contributed by atoms with Crippen LogP contribution in [0.2, 0.25) is 5.02 Å². The summed E-state index contributed by atoms with van der Waals surface area (Å²) in [6.07, 6.45) is 0. The van der Waals surface area contributed by atoms with Gasteiger partial charge in [0, 0.05) is 5.02 Å². The van der Waals surface area contributed by atoms with E-state index in [4.69, 9.17) is 11.6 Å². The maximum absolute atomic E-state index is 13.6. The van der Waals surface area contributed by atoms with Crippen molar-refractivity contribution in [3.05, 3.63) is 58.4 Å². The van der Waals surface area contributed by atoms with E-state index in [0.29, 0.717) is 22.7 Å². The number of nitrogens with one attached hydrogen (secondary N) is 1. The summed E-state index contributed by atoms with van der Waals surface area (Å²) in [7, 11) is -4.41. The van der Waals surface area contributed by atoms with Crippen molar-refractivity contribution in [2.45, 2.75) is 11.8 Å². The predicted molar refractivity (Wildman–Crippen MR) is 73.3 cm³/mol. The van der Waals surface area contributed by atoms with Crippen molar-refractivity contribution in [2.24, 2.45) is 0 Å². The van der Waals surface area contributed by atoms with Crippen molar-refractivity contribution < 1.29 is 21.6 Å². The van der Waals surface area contributed by atoms with Crippen LogP contribution >= 0.6 is 11.6 Å². The van der Waals surface area contributed by atoms with Crippen LogP contribution in [0.15, 0.2) is 35.2 Å². The monoisotopic (exact) mass is 335 g/mol. The third-order valence-electron chi connectivity index (χ3n) is 2.80. The first-order valence-electron chi connectivity index (χ1n) is 5.65. The molecule has 8 heteroatoms. The first kappa shape index (κ1) is 15.7. The zero-order valence-electron chi connectivity index (χ0n) is 10.6. The molecule has 0 amide bonds. The Kier molecular flexibility index (Phi) is 4.15. The molecule has 0 saturated carbocycles. The molecule has 2 aromatic rings. The van der Waals surface area contributed by atoms with Gasteiger partial charge in [-0.15, -0.1) is 0 Å². The van der Waals surface area contributed by atoms with Crippen molar-refractivity contribution in [1.82, 2.24) is 0 Å². The lowest BCUT2D eigenvalue weighted by Crippen LogP contribution is -2.16. The van der Waals surface area contributed by atoms with E-state index in [0.717, 1.165) is 0 Å². The highest BCUT2D eigenvalue weighted by molar-refractivity contribution is 7.92. The summed E-state index contributed by atoms with van der Waals surface area (Å²) in [6.45, 7) is 1.56. The van der Waals surface area contributed by atoms with E-state index < -0.39 is 32.4 Å². The Labute approximate surface area is 124 Å². The maximum atomic E-state index is 13.6. The van der Waals surface area contributed by atoms with E-state index in [2.05, 4.69) is 4.72 Å². The van der Waals surface area contributed by atoms with Crippen LogP contribution in [0, 0.1) is 24.4 Å². The van der Waals surface area contributed by atoms with Crippen molar-refractivity contribution in [1.29, 1.82) is 0 Å². The highest BCUT2D eigenvalue weighted by atomic mass is 35.5. The first-order valence-corrected chi connectivity index (χ1v) is 7.51. The Morgan fingerprint density at radius 3 is 2.38 bits per heavy atom. The Morgan fingerprint density at radius 2 is 1.71 bits per heavy atom. The van der Waals surface area contributed by atoms with Gasteiger partial charge in [-0.3, -0.25) is 4.72 Å². The molecule has 1 N–H and O–H groups in total. The van der Waals surface area contributed by atoms with Crippen molar-refractivity contribution >= 4 is 27.3 Å². The van der Waals surface area contributed by atoms with E-state index in [9.17, 15) is 21.6 Å². The minimum Gasteiger partial charge on any atom is -0.279 e. The van der Waals surface area contributed by atoms with Gasteiger partial charge in [0.1, 0.15) is 4.90 Å². The van der Waals surface area contributed by atoms with E-state index in [-0.39, 0.29) is 5.69 Å². The Morgan fingerprint density at radius 1 is 1.05 bits per heavy atom. The zero-order chi connectivity index (χ0) is 15.8. The lowest BCUT2D eigenvalue weighted by Gasteiger charge is -2.12. The third-order valence-corrected chi connectivity index (χ3v) is 4.59. The highest BCUT2D eigenvalue weighted by Crippen LogP contribution is 2.27. The zero-order valence-corrected chi connectivity index (χ0v) is 12.2. The van der Waals surface area contributed by atoms with Gasteiger partial charge in [0.25, 0.3) is 10.0 Å². The molecule has 0 fully saturated rings.